The summed E-state index contributed by atoms with van der Waals surface area (Å²) in [6, 6.07) is 5.85. The van der Waals surface area contributed by atoms with Crippen LogP contribution in [0.3, 0.4) is 0 Å². The van der Waals surface area contributed by atoms with Crippen LogP contribution in [0.4, 0.5) is 27.6 Å². The molecule has 0 aliphatic rings. The molecule has 3 rings (SSSR count). The highest BCUT2D eigenvalue weighted by Crippen LogP contribution is 2.31. The van der Waals surface area contributed by atoms with E-state index >= 15 is 0 Å². The van der Waals surface area contributed by atoms with E-state index < -0.39 is 41.0 Å². The molecule has 1 heterocycles. The molecular formula is C18H12F5N3O. The molecule has 4 nitrogen and oxygen atoms in total. The summed E-state index contributed by atoms with van der Waals surface area (Å²) in [5.74, 6) is -3.41. The highest BCUT2D eigenvalue weighted by Gasteiger charge is 2.23. The second kappa shape index (κ2) is 7.18. The summed E-state index contributed by atoms with van der Waals surface area (Å²) in [5.41, 5.74) is -1.10. The summed E-state index contributed by atoms with van der Waals surface area (Å²) in [6.07, 6.45) is -1.89. The SMILES string of the molecule is Cn1cc(C(=O)Nc2cc(F)ccc2-c2cc(F)cc(F)c2)c(C(F)F)n1. The number of amides is 1. The van der Waals surface area contributed by atoms with Crippen LogP contribution in [0.5, 0.6) is 0 Å². The average molecular weight is 381 g/mol. The third kappa shape index (κ3) is 3.97. The number of halogens is 5. The number of rotatable bonds is 4. The van der Waals surface area contributed by atoms with Crippen molar-refractivity contribution in [3.8, 4) is 11.1 Å². The first kappa shape index (κ1) is 18.6. The van der Waals surface area contributed by atoms with Crippen molar-refractivity contribution < 1.29 is 26.7 Å². The van der Waals surface area contributed by atoms with Gasteiger partial charge in [0.05, 0.1) is 11.3 Å². The lowest BCUT2D eigenvalue weighted by atomic mass is 10.0. The molecule has 0 radical (unpaired) electrons. The monoisotopic (exact) mass is 381 g/mol. The van der Waals surface area contributed by atoms with Crippen molar-refractivity contribution in [2.45, 2.75) is 6.43 Å². The molecule has 0 aliphatic carbocycles. The third-order valence-corrected chi connectivity index (χ3v) is 3.71. The summed E-state index contributed by atoms with van der Waals surface area (Å²) in [4.78, 5) is 12.4. The van der Waals surface area contributed by atoms with E-state index in [0.717, 1.165) is 35.1 Å². The van der Waals surface area contributed by atoms with Gasteiger partial charge in [-0.2, -0.15) is 5.10 Å². The van der Waals surface area contributed by atoms with Gasteiger partial charge in [-0.3, -0.25) is 9.48 Å². The highest BCUT2D eigenvalue weighted by atomic mass is 19.3. The van der Waals surface area contributed by atoms with Crippen LogP contribution in [0.1, 0.15) is 22.5 Å². The Hall–Kier alpha value is -3.23. The molecule has 1 aromatic heterocycles. The molecule has 0 unspecified atom stereocenters. The Kier molecular flexibility index (Phi) is 4.93. The smallest absolute Gasteiger partial charge is 0.282 e. The fourth-order valence-electron chi connectivity index (χ4n) is 2.61. The molecule has 1 amide bonds. The number of carbonyl (C=O) groups is 1. The van der Waals surface area contributed by atoms with Crippen LogP contribution in [-0.2, 0) is 7.05 Å². The lowest BCUT2D eigenvalue weighted by Crippen LogP contribution is -2.14. The summed E-state index contributed by atoms with van der Waals surface area (Å²) in [5, 5.41) is 5.83. The number of aromatic nitrogens is 2. The van der Waals surface area contributed by atoms with E-state index in [1.165, 1.54) is 13.1 Å². The Bertz CT molecular complexity index is 996. The average Bonchev–Trinajstić information content (AvgIpc) is 2.96. The fourth-order valence-corrected chi connectivity index (χ4v) is 2.61. The third-order valence-electron chi connectivity index (χ3n) is 3.71. The Morgan fingerprint density at radius 1 is 1.04 bits per heavy atom. The molecule has 0 fully saturated rings. The molecule has 2 aromatic carbocycles. The van der Waals surface area contributed by atoms with Crippen molar-refractivity contribution in [3.05, 3.63) is 71.3 Å². The number of carbonyl (C=O) groups excluding carboxylic acids is 1. The van der Waals surface area contributed by atoms with Gasteiger partial charge in [-0.1, -0.05) is 0 Å². The number of nitrogens with zero attached hydrogens (tertiary/aromatic N) is 2. The molecule has 9 heteroatoms. The lowest BCUT2D eigenvalue weighted by Gasteiger charge is -2.12. The van der Waals surface area contributed by atoms with Crippen LogP contribution in [-0.4, -0.2) is 15.7 Å². The topological polar surface area (TPSA) is 46.9 Å². The zero-order chi connectivity index (χ0) is 19.7. The maximum absolute atomic E-state index is 13.7. The quantitative estimate of drug-likeness (QED) is 0.667. The van der Waals surface area contributed by atoms with Gasteiger partial charge in [-0.05, 0) is 35.9 Å². The molecule has 0 saturated heterocycles. The zero-order valence-corrected chi connectivity index (χ0v) is 13.8. The molecule has 0 bridgehead atoms. The van der Waals surface area contributed by atoms with Crippen molar-refractivity contribution in [2.24, 2.45) is 7.05 Å². The Morgan fingerprint density at radius 3 is 2.33 bits per heavy atom. The molecular weight excluding hydrogens is 369 g/mol. The van der Waals surface area contributed by atoms with Gasteiger partial charge in [0.25, 0.3) is 12.3 Å². The molecule has 27 heavy (non-hydrogen) atoms. The van der Waals surface area contributed by atoms with Crippen molar-refractivity contribution in [3.63, 3.8) is 0 Å². The van der Waals surface area contributed by atoms with Gasteiger partial charge in [-0.15, -0.1) is 0 Å². The Morgan fingerprint density at radius 2 is 1.70 bits per heavy atom. The second-order valence-corrected chi connectivity index (χ2v) is 5.70. The fraction of sp³-hybridized carbons (Fsp3) is 0.111. The molecule has 0 aliphatic heterocycles. The number of anilines is 1. The molecule has 140 valence electrons. The van der Waals surface area contributed by atoms with Crippen molar-refractivity contribution in [1.29, 1.82) is 0 Å². The van der Waals surface area contributed by atoms with Gasteiger partial charge in [0, 0.05) is 24.9 Å². The lowest BCUT2D eigenvalue weighted by molar-refractivity contribution is 0.101. The van der Waals surface area contributed by atoms with Gasteiger partial charge < -0.3 is 5.32 Å². The van der Waals surface area contributed by atoms with E-state index in [4.69, 9.17) is 0 Å². The van der Waals surface area contributed by atoms with Crippen molar-refractivity contribution >= 4 is 11.6 Å². The van der Waals surface area contributed by atoms with Gasteiger partial charge in [0.1, 0.15) is 23.1 Å². The van der Waals surface area contributed by atoms with Crippen molar-refractivity contribution in [1.82, 2.24) is 9.78 Å². The van der Waals surface area contributed by atoms with Crippen LogP contribution in [0.25, 0.3) is 11.1 Å². The standard InChI is InChI=1S/C18H12F5N3O/c1-26-8-14(16(25-26)17(22)23)18(27)24-15-7-10(19)2-3-13(15)9-4-11(20)6-12(21)5-9/h2-8,17H,1H3,(H,24,27). The Labute approximate surface area is 150 Å². The highest BCUT2D eigenvalue weighted by molar-refractivity contribution is 6.07. The first-order valence-corrected chi connectivity index (χ1v) is 7.63. The maximum Gasteiger partial charge on any atom is 0.282 e. The van der Waals surface area contributed by atoms with E-state index in [1.807, 2.05) is 0 Å². The van der Waals surface area contributed by atoms with Gasteiger partial charge in [-0.25, -0.2) is 22.0 Å². The van der Waals surface area contributed by atoms with Crippen LogP contribution < -0.4 is 5.32 Å². The number of benzene rings is 2. The Balaban J connectivity index is 2.02. The van der Waals surface area contributed by atoms with Crippen LogP contribution >= 0.6 is 0 Å². The van der Waals surface area contributed by atoms with E-state index in [0.29, 0.717) is 6.07 Å². The summed E-state index contributed by atoms with van der Waals surface area (Å²) < 4.78 is 67.8. The number of alkyl halides is 2. The first-order valence-electron chi connectivity index (χ1n) is 7.63. The number of aryl methyl sites for hydroxylation is 1. The summed E-state index contributed by atoms with van der Waals surface area (Å²) in [6.45, 7) is 0. The zero-order valence-electron chi connectivity index (χ0n) is 13.8. The predicted octanol–water partition coefficient (Wildman–Crippen LogP) is 4.69. The summed E-state index contributed by atoms with van der Waals surface area (Å²) in [7, 11) is 1.37. The number of hydrogen-bond donors (Lipinski definition) is 1. The number of nitrogens with one attached hydrogen (secondary N) is 1. The van der Waals surface area contributed by atoms with Crippen LogP contribution in [0.15, 0.2) is 42.6 Å². The molecule has 0 saturated carbocycles. The van der Waals surface area contributed by atoms with Crippen molar-refractivity contribution in [2.75, 3.05) is 5.32 Å². The predicted molar refractivity (Wildman–Crippen MR) is 87.9 cm³/mol. The van der Waals surface area contributed by atoms with E-state index in [9.17, 15) is 26.7 Å². The minimum atomic E-state index is -2.99. The largest absolute Gasteiger partial charge is 0.321 e. The molecule has 0 atom stereocenters. The van der Waals surface area contributed by atoms with Crippen LogP contribution in [0.2, 0.25) is 0 Å². The molecule has 0 spiro atoms. The molecule has 1 N–H and O–H groups in total. The van der Waals surface area contributed by atoms with E-state index in [1.54, 1.807) is 0 Å². The van der Waals surface area contributed by atoms with Crippen LogP contribution in [0, 0.1) is 17.5 Å². The summed E-state index contributed by atoms with van der Waals surface area (Å²) >= 11 is 0. The first-order chi connectivity index (χ1) is 12.7. The maximum atomic E-state index is 13.7. The normalized spacial score (nSPS) is 11.1. The van der Waals surface area contributed by atoms with E-state index in [2.05, 4.69) is 10.4 Å². The minimum Gasteiger partial charge on any atom is -0.321 e. The molecule has 3 aromatic rings. The second-order valence-electron chi connectivity index (χ2n) is 5.70. The number of hydrogen-bond acceptors (Lipinski definition) is 2. The van der Waals surface area contributed by atoms with Gasteiger partial charge >= 0.3 is 0 Å². The minimum absolute atomic E-state index is 0.0445. The van der Waals surface area contributed by atoms with E-state index in [-0.39, 0.29) is 16.8 Å². The van der Waals surface area contributed by atoms with Gasteiger partial charge in [0.2, 0.25) is 0 Å². The van der Waals surface area contributed by atoms with Gasteiger partial charge in [0.15, 0.2) is 0 Å².